The summed E-state index contributed by atoms with van der Waals surface area (Å²) in [6.07, 6.45) is 4.49. The van der Waals surface area contributed by atoms with Gasteiger partial charge in [-0.3, -0.25) is 4.98 Å². The maximum Gasteiger partial charge on any atom is 0.119 e. The second-order valence-corrected chi connectivity index (χ2v) is 6.01. The molecule has 0 aliphatic heterocycles. The maximum atomic E-state index is 10.1. The van der Waals surface area contributed by atoms with Crippen LogP contribution in [0.5, 0.6) is 5.75 Å². The van der Waals surface area contributed by atoms with Gasteiger partial charge in [0, 0.05) is 18.1 Å². The van der Waals surface area contributed by atoms with E-state index in [1.54, 1.807) is 6.20 Å². The lowest BCUT2D eigenvalue weighted by atomic mass is 10.1. The number of hydrogen-bond donors (Lipinski definition) is 2. The number of aliphatic hydroxyl groups is 1. The van der Waals surface area contributed by atoms with E-state index in [1.165, 1.54) is 0 Å². The Morgan fingerprint density at radius 2 is 1.84 bits per heavy atom. The third kappa shape index (κ3) is 5.06. The fourth-order valence-electron chi connectivity index (χ4n) is 2.62. The first-order valence-corrected chi connectivity index (χ1v) is 8.36. The number of nitrogens with zero attached hydrogens (tertiary/aromatic N) is 1. The minimum atomic E-state index is -0.506. The van der Waals surface area contributed by atoms with Crippen LogP contribution in [0.2, 0.25) is 0 Å². The Hall–Kier alpha value is -2.85. The zero-order valence-corrected chi connectivity index (χ0v) is 14.0. The van der Waals surface area contributed by atoms with E-state index in [0.29, 0.717) is 6.42 Å². The van der Waals surface area contributed by atoms with Gasteiger partial charge in [-0.15, -0.1) is 0 Å². The van der Waals surface area contributed by atoms with Crippen LogP contribution in [0.15, 0.2) is 73.1 Å². The topological polar surface area (TPSA) is 68.4 Å². The van der Waals surface area contributed by atoms with Crippen molar-refractivity contribution >= 4 is 5.69 Å². The molecule has 128 valence electrons. The van der Waals surface area contributed by atoms with E-state index in [4.69, 9.17) is 10.5 Å². The predicted octanol–water partition coefficient (Wildman–Crippen LogP) is 3.70. The Balaban J connectivity index is 1.50. The molecule has 0 saturated carbocycles. The fraction of sp³-hybridized carbons (Fsp3) is 0.190. The van der Waals surface area contributed by atoms with Crippen LogP contribution in [0.25, 0.3) is 11.1 Å². The summed E-state index contributed by atoms with van der Waals surface area (Å²) in [6.45, 7) is 0.276. The predicted molar refractivity (Wildman–Crippen MR) is 100 cm³/mol. The van der Waals surface area contributed by atoms with Crippen molar-refractivity contribution in [3.63, 3.8) is 0 Å². The highest BCUT2D eigenvalue weighted by Crippen LogP contribution is 2.24. The molecule has 0 unspecified atom stereocenters. The van der Waals surface area contributed by atoms with Crippen LogP contribution in [-0.4, -0.2) is 22.8 Å². The van der Waals surface area contributed by atoms with Gasteiger partial charge in [0.2, 0.25) is 0 Å². The van der Waals surface area contributed by atoms with Crippen molar-refractivity contribution in [3.05, 3.63) is 78.6 Å². The van der Waals surface area contributed by atoms with Crippen molar-refractivity contribution in [2.24, 2.45) is 0 Å². The maximum absolute atomic E-state index is 10.1. The minimum absolute atomic E-state index is 0.276. The van der Waals surface area contributed by atoms with Gasteiger partial charge in [0.25, 0.3) is 0 Å². The number of nitrogens with two attached hydrogens (primary N) is 1. The summed E-state index contributed by atoms with van der Waals surface area (Å²) in [5.41, 5.74) is 9.84. The number of nitrogen functional groups attached to an aromatic ring is 1. The van der Waals surface area contributed by atoms with E-state index in [0.717, 1.165) is 34.5 Å². The van der Waals surface area contributed by atoms with Crippen molar-refractivity contribution < 1.29 is 9.84 Å². The second kappa shape index (κ2) is 8.31. The van der Waals surface area contributed by atoms with Gasteiger partial charge in [0.1, 0.15) is 12.4 Å². The monoisotopic (exact) mass is 334 g/mol. The molecule has 2 aromatic carbocycles. The molecule has 1 heterocycles. The van der Waals surface area contributed by atoms with Crippen molar-refractivity contribution in [3.8, 4) is 16.9 Å². The van der Waals surface area contributed by atoms with E-state index < -0.39 is 6.10 Å². The average Bonchev–Trinajstić information content (AvgIpc) is 2.66. The van der Waals surface area contributed by atoms with Gasteiger partial charge in [0.05, 0.1) is 6.10 Å². The van der Waals surface area contributed by atoms with Crippen molar-refractivity contribution in [1.82, 2.24) is 4.98 Å². The van der Waals surface area contributed by atoms with E-state index in [-0.39, 0.29) is 6.61 Å². The third-order valence-electron chi connectivity index (χ3n) is 4.01. The summed E-state index contributed by atoms with van der Waals surface area (Å²) in [5, 5.41) is 10.1. The molecule has 4 nitrogen and oxygen atoms in total. The molecule has 1 atom stereocenters. The first-order chi connectivity index (χ1) is 12.2. The number of aryl methyl sites for hydroxylation is 1. The van der Waals surface area contributed by atoms with Gasteiger partial charge in [-0.1, -0.05) is 30.3 Å². The van der Waals surface area contributed by atoms with Gasteiger partial charge in [-0.2, -0.15) is 0 Å². The normalized spacial score (nSPS) is 11.9. The Morgan fingerprint density at radius 1 is 1.00 bits per heavy atom. The largest absolute Gasteiger partial charge is 0.491 e. The molecule has 0 bridgehead atoms. The number of benzene rings is 2. The number of ether oxygens (including phenoxy) is 1. The first-order valence-electron chi connectivity index (χ1n) is 8.36. The van der Waals surface area contributed by atoms with Crippen LogP contribution >= 0.6 is 0 Å². The lowest BCUT2D eigenvalue weighted by Gasteiger charge is -2.13. The Morgan fingerprint density at radius 3 is 2.56 bits per heavy atom. The van der Waals surface area contributed by atoms with Crippen molar-refractivity contribution in [2.45, 2.75) is 18.9 Å². The molecular formula is C21H22N2O2. The number of rotatable bonds is 7. The highest BCUT2D eigenvalue weighted by molar-refractivity contribution is 5.67. The van der Waals surface area contributed by atoms with Gasteiger partial charge >= 0.3 is 0 Å². The van der Waals surface area contributed by atoms with Crippen LogP contribution in [0.4, 0.5) is 5.69 Å². The van der Waals surface area contributed by atoms with E-state index in [2.05, 4.69) is 4.98 Å². The van der Waals surface area contributed by atoms with Crippen LogP contribution in [0.3, 0.4) is 0 Å². The Kier molecular flexibility index (Phi) is 5.65. The Bertz CT molecular complexity index is 789. The molecule has 3 rings (SSSR count). The average molecular weight is 334 g/mol. The number of anilines is 1. The number of aromatic nitrogens is 1. The van der Waals surface area contributed by atoms with Gasteiger partial charge in [0.15, 0.2) is 0 Å². The summed E-state index contributed by atoms with van der Waals surface area (Å²) in [6, 6.07) is 19.5. The summed E-state index contributed by atoms with van der Waals surface area (Å²) in [4.78, 5) is 4.07. The summed E-state index contributed by atoms with van der Waals surface area (Å²) >= 11 is 0. The van der Waals surface area contributed by atoms with Gasteiger partial charge in [-0.05, 0) is 59.9 Å². The molecule has 0 aliphatic carbocycles. The van der Waals surface area contributed by atoms with Crippen molar-refractivity contribution in [1.29, 1.82) is 0 Å². The zero-order valence-electron chi connectivity index (χ0n) is 14.0. The summed E-state index contributed by atoms with van der Waals surface area (Å²) in [7, 11) is 0. The summed E-state index contributed by atoms with van der Waals surface area (Å²) in [5.74, 6) is 0.744. The van der Waals surface area contributed by atoms with E-state index >= 15 is 0 Å². The van der Waals surface area contributed by atoms with Gasteiger partial charge in [-0.25, -0.2) is 0 Å². The van der Waals surface area contributed by atoms with Crippen LogP contribution in [-0.2, 0) is 6.42 Å². The molecular weight excluding hydrogens is 312 g/mol. The second-order valence-electron chi connectivity index (χ2n) is 6.01. The number of aliphatic hydroxyl groups excluding tert-OH is 1. The quantitative estimate of drug-likeness (QED) is 0.646. The molecule has 0 amide bonds. The standard InChI is InChI=1S/C21H22N2O2/c22-19-5-1-4-18(13-19)17-7-10-21(11-8-17)25-15-20(24)9-6-16-3-2-12-23-14-16/h1-5,7-8,10-14,20,24H,6,9,15,22H2/t20-/m1/s1. The highest BCUT2D eigenvalue weighted by atomic mass is 16.5. The molecule has 3 N–H and O–H groups in total. The van der Waals surface area contributed by atoms with Crippen LogP contribution in [0.1, 0.15) is 12.0 Å². The first kappa shape index (κ1) is 17.0. The molecule has 1 aromatic heterocycles. The van der Waals surface area contributed by atoms with Gasteiger partial charge < -0.3 is 15.6 Å². The molecule has 0 fully saturated rings. The van der Waals surface area contributed by atoms with Crippen LogP contribution in [0, 0.1) is 0 Å². The minimum Gasteiger partial charge on any atom is -0.491 e. The molecule has 0 aliphatic rings. The lowest BCUT2D eigenvalue weighted by Crippen LogP contribution is -2.18. The molecule has 25 heavy (non-hydrogen) atoms. The lowest BCUT2D eigenvalue weighted by molar-refractivity contribution is 0.100. The summed E-state index contributed by atoms with van der Waals surface area (Å²) < 4.78 is 5.68. The van der Waals surface area contributed by atoms with E-state index in [9.17, 15) is 5.11 Å². The fourth-order valence-corrected chi connectivity index (χ4v) is 2.62. The highest BCUT2D eigenvalue weighted by Gasteiger charge is 2.06. The van der Waals surface area contributed by atoms with Crippen LogP contribution < -0.4 is 10.5 Å². The molecule has 4 heteroatoms. The molecule has 0 radical (unpaired) electrons. The number of hydrogen-bond acceptors (Lipinski definition) is 4. The molecule has 3 aromatic rings. The van der Waals surface area contributed by atoms with E-state index in [1.807, 2.05) is 66.9 Å². The number of pyridine rings is 1. The molecule has 0 spiro atoms. The van der Waals surface area contributed by atoms with Crippen molar-refractivity contribution in [2.75, 3.05) is 12.3 Å². The smallest absolute Gasteiger partial charge is 0.119 e. The zero-order chi connectivity index (χ0) is 17.5. The molecule has 0 saturated heterocycles. The SMILES string of the molecule is Nc1cccc(-c2ccc(OC[C@H](O)CCc3cccnc3)cc2)c1. The third-order valence-corrected chi connectivity index (χ3v) is 4.01. The Labute approximate surface area is 147 Å².